The largest absolute Gasteiger partial charge is 0.396 e. The Morgan fingerprint density at radius 2 is 2.12 bits per heavy atom. The van der Waals surface area contributed by atoms with Gasteiger partial charge >= 0.3 is 0 Å². The Balaban J connectivity index is 2.16. The molecule has 6 heteroatoms. The smallest absolute Gasteiger partial charge is 0.250 e. The van der Waals surface area contributed by atoms with Gasteiger partial charge in [-0.25, -0.2) is 0 Å². The van der Waals surface area contributed by atoms with Gasteiger partial charge in [-0.1, -0.05) is 0 Å². The Kier molecular flexibility index (Phi) is 3.06. The number of rotatable bonds is 2. The van der Waals surface area contributed by atoms with E-state index >= 15 is 0 Å². The molecule has 1 saturated heterocycles. The molecule has 0 atom stereocenters. The number of nitrogens with zero attached hydrogens (tertiary/aromatic N) is 3. The van der Waals surface area contributed by atoms with Crippen LogP contribution in [0.1, 0.15) is 13.8 Å². The third-order valence-corrected chi connectivity index (χ3v) is 3.00. The second-order valence-corrected chi connectivity index (χ2v) is 4.68. The van der Waals surface area contributed by atoms with Gasteiger partial charge < -0.3 is 15.4 Å². The summed E-state index contributed by atoms with van der Waals surface area (Å²) in [5.74, 6) is 0.0453. The van der Waals surface area contributed by atoms with Crippen LogP contribution in [-0.4, -0.2) is 46.9 Å². The number of hydrogen-bond acceptors (Lipinski definition) is 4. The average molecular weight is 238 g/mol. The molecule has 1 aliphatic rings. The highest BCUT2D eigenvalue weighted by Gasteiger charge is 2.35. The van der Waals surface area contributed by atoms with Gasteiger partial charge in [0.25, 0.3) is 0 Å². The van der Waals surface area contributed by atoms with Crippen molar-refractivity contribution in [3.63, 3.8) is 0 Å². The average Bonchev–Trinajstić information content (AvgIpc) is 2.77. The van der Waals surface area contributed by atoms with Crippen molar-refractivity contribution in [2.24, 2.45) is 0 Å². The molecular weight excluding hydrogens is 220 g/mol. The topological polar surface area (TPSA) is 73.4 Å². The molecule has 0 spiro atoms. The van der Waals surface area contributed by atoms with Crippen molar-refractivity contribution in [1.29, 1.82) is 0 Å². The van der Waals surface area contributed by atoms with Crippen LogP contribution in [0.2, 0.25) is 0 Å². The molecule has 1 aromatic rings. The summed E-state index contributed by atoms with van der Waals surface area (Å²) in [6.45, 7) is 6.17. The van der Waals surface area contributed by atoms with Gasteiger partial charge in [0.15, 0.2) is 0 Å². The lowest BCUT2D eigenvalue weighted by Crippen LogP contribution is -2.51. The number of carbonyl (C=O) groups excluding carboxylic acids is 1. The Morgan fingerprint density at radius 3 is 2.65 bits per heavy atom. The van der Waals surface area contributed by atoms with E-state index in [0.29, 0.717) is 32.0 Å². The van der Waals surface area contributed by atoms with Crippen molar-refractivity contribution in [2.45, 2.75) is 19.4 Å². The Morgan fingerprint density at radius 1 is 1.47 bits per heavy atom. The van der Waals surface area contributed by atoms with Crippen molar-refractivity contribution >= 4 is 11.6 Å². The summed E-state index contributed by atoms with van der Waals surface area (Å²) in [7, 11) is 0. The summed E-state index contributed by atoms with van der Waals surface area (Å²) in [4.78, 5) is 14.2. The molecule has 6 nitrogen and oxygen atoms in total. The summed E-state index contributed by atoms with van der Waals surface area (Å²) < 4.78 is 6.85. The van der Waals surface area contributed by atoms with Gasteiger partial charge in [-0.05, 0) is 13.8 Å². The van der Waals surface area contributed by atoms with Crippen LogP contribution in [-0.2, 0) is 15.1 Å². The highest BCUT2D eigenvalue weighted by atomic mass is 16.5. The van der Waals surface area contributed by atoms with Crippen molar-refractivity contribution in [2.75, 3.05) is 32.0 Å². The molecule has 2 heterocycles. The van der Waals surface area contributed by atoms with Gasteiger partial charge in [-0.3, -0.25) is 9.48 Å². The quantitative estimate of drug-likeness (QED) is 0.790. The minimum Gasteiger partial charge on any atom is -0.396 e. The normalized spacial score (nSPS) is 17.2. The number of hydrogen-bond donors (Lipinski definition) is 1. The molecule has 1 fully saturated rings. The van der Waals surface area contributed by atoms with Crippen molar-refractivity contribution in [3.8, 4) is 0 Å². The van der Waals surface area contributed by atoms with E-state index in [1.807, 2.05) is 13.8 Å². The minimum absolute atomic E-state index is 0.0453. The second kappa shape index (κ2) is 4.37. The molecule has 0 radical (unpaired) electrons. The highest BCUT2D eigenvalue weighted by Crippen LogP contribution is 2.19. The molecule has 0 aliphatic carbocycles. The maximum atomic E-state index is 12.4. The number of nitrogen functional groups attached to an aromatic ring is 1. The minimum atomic E-state index is -0.713. The first-order valence-electron chi connectivity index (χ1n) is 5.69. The van der Waals surface area contributed by atoms with Crippen molar-refractivity contribution < 1.29 is 9.53 Å². The van der Waals surface area contributed by atoms with E-state index in [4.69, 9.17) is 10.5 Å². The van der Waals surface area contributed by atoms with Crippen LogP contribution in [0, 0.1) is 0 Å². The molecule has 2 N–H and O–H groups in total. The molecule has 0 saturated carbocycles. The van der Waals surface area contributed by atoms with E-state index in [1.54, 1.807) is 22.0 Å². The van der Waals surface area contributed by atoms with E-state index in [9.17, 15) is 4.79 Å². The third kappa shape index (κ3) is 2.26. The first-order chi connectivity index (χ1) is 8.01. The number of carbonyl (C=O) groups is 1. The first-order valence-corrected chi connectivity index (χ1v) is 5.69. The molecule has 1 amide bonds. The fraction of sp³-hybridized carbons (Fsp3) is 0.636. The Labute approximate surface area is 100 Å². The third-order valence-electron chi connectivity index (χ3n) is 3.00. The van der Waals surface area contributed by atoms with Crippen LogP contribution in [0.4, 0.5) is 5.69 Å². The van der Waals surface area contributed by atoms with Crippen LogP contribution in [0.25, 0.3) is 0 Å². The predicted octanol–water partition coefficient (Wildman–Crippen LogP) is 0.0592. The number of morpholine rings is 1. The maximum absolute atomic E-state index is 12.4. The van der Waals surface area contributed by atoms with Crippen LogP contribution in [0.15, 0.2) is 12.4 Å². The van der Waals surface area contributed by atoms with Crippen LogP contribution in [0.5, 0.6) is 0 Å². The zero-order valence-corrected chi connectivity index (χ0v) is 10.2. The number of nitrogens with two attached hydrogens (primary N) is 1. The van der Waals surface area contributed by atoms with Gasteiger partial charge in [-0.15, -0.1) is 0 Å². The Bertz CT molecular complexity index is 407. The monoisotopic (exact) mass is 238 g/mol. The number of anilines is 1. The maximum Gasteiger partial charge on any atom is 0.250 e. The molecular formula is C11H18N4O2. The van der Waals surface area contributed by atoms with Gasteiger partial charge in [0.1, 0.15) is 5.54 Å². The van der Waals surface area contributed by atoms with Crippen LogP contribution < -0.4 is 5.73 Å². The molecule has 1 aliphatic heterocycles. The standard InChI is InChI=1S/C11H18N4O2/c1-11(2,15-8-9(12)7-13-15)10(16)14-3-5-17-6-4-14/h7-8H,3-6,12H2,1-2H3. The first kappa shape index (κ1) is 11.9. The molecule has 94 valence electrons. The van der Waals surface area contributed by atoms with E-state index in [1.165, 1.54) is 0 Å². The second-order valence-electron chi connectivity index (χ2n) is 4.68. The summed E-state index contributed by atoms with van der Waals surface area (Å²) in [6, 6.07) is 0. The lowest BCUT2D eigenvalue weighted by Gasteiger charge is -2.34. The van der Waals surface area contributed by atoms with Crippen LogP contribution in [0.3, 0.4) is 0 Å². The van der Waals surface area contributed by atoms with Gasteiger partial charge in [0.05, 0.1) is 25.1 Å². The summed E-state index contributed by atoms with van der Waals surface area (Å²) in [5, 5.41) is 4.12. The highest BCUT2D eigenvalue weighted by molar-refractivity contribution is 5.83. The van der Waals surface area contributed by atoms with Crippen LogP contribution >= 0.6 is 0 Å². The summed E-state index contributed by atoms with van der Waals surface area (Å²) >= 11 is 0. The SMILES string of the molecule is CC(C)(C(=O)N1CCOCC1)n1cc(N)cn1. The number of ether oxygens (including phenoxy) is 1. The zero-order chi connectivity index (χ0) is 12.5. The number of aromatic nitrogens is 2. The van der Waals surface area contributed by atoms with E-state index in [-0.39, 0.29) is 5.91 Å². The van der Waals surface area contributed by atoms with Crippen molar-refractivity contribution in [3.05, 3.63) is 12.4 Å². The fourth-order valence-electron chi connectivity index (χ4n) is 1.89. The molecule has 0 bridgehead atoms. The lowest BCUT2D eigenvalue weighted by atomic mass is 10.0. The molecule has 17 heavy (non-hydrogen) atoms. The van der Waals surface area contributed by atoms with E-state index < -0.39 is 5.54 Å². The molecule has 2 rings (SSSR count). The van der Waals surface area contributed by atoms with Crippen molar-refractivity contribution in [1.82, 2.24) is 14.7 Å². The summed E-state index contributed by atoms with van der Waals surface area (Å²) in [5.41, 5.74) is 5.48. The number of amides is 1. The van der Waals surface area contributed by atoms with Gasteiger partial charge in [0.2, 0.25) is 5.91 Å². The molecule has 0 unspecified atom stereocenters. The summed E-state index contributed by atoms with van der Waals surface area (Å²) in [6.07, 6.45) is 3.23. The van der Waals surface area contributed by atoms with E-state index in [0.717, 1.165) is 0 Å². The lowest BCUT2D eigenvalue weighted by molar-refractivity contribution is -0.143. The predicted molar refractivity (Wildman–Crippen MR) is 63.4 cm³/mol. The fourth-order valence-corrected chi connectivity index (χ4v) is 1.89. The molecule has 0 aromatic carbocycles. The van der Waals surface area contributed by atoms with Gasteiger partial charge in [0, 0.05) is 19.3 Å². The zero-order valence-electron chi connectivity index (χ0n) is 10.2. The van der Waals surface area contributed by atoms with Gasteiger partial charge in [-0.2, -0.15) is 5.10 Å². The molecule has 1 aromatic heterocycles. The Hall–Kier alpha value is -1.56. The van der Waals surface area contributed by atoms with E-state index in [2.05, 4.69) is 5.10 Å².